The number of fused-ring (bicyclic) bond motifs is 1. The number of ether oxygens (including phenoxy) is 1. The number of aromatic nitrogens is 3. The van der Waals surface area contributed by atoms with Crippen molar-refractivity contribution in [3.05, 3.63) is 47.4 Å². The van der Waals surface area contributed by atoms with Crippen molar-refractivity contribution in [2.24, 2.45) is 5.92 Å². The lowest BCUT2D eigenvalue weighted by atomic mass is 9.87. The fraction of sp³-hybridized carbons (Fsp3) is 0.480. The third-order valence-corrected chi connectivity index (χ3v) is 6.49. The number of rotatable bonds is 6. The van der Waals surface area contributed by atoms with E-state index in [0.29, 0.717) is 23.4 Å². The minimum absolute atomic E-state index is 0.134. The van der Waals surface area contributed by atoms with Gasteiger partial charge in [0.2, 0.25) is 0 Å². The van der Waals surface area contributed by atoms with Crippen LogP contribution in [0.25, 0.3) is 10.9 Å². The van der Waals surface area contributed by atoms with Gasteiger partial charge in [-0.1, -0.05) is 6.07 Å². The van der Waals surface area contributed by atoms with E-state index in [1.807, 2.05) is 23.9 Å². The summed E-state index contributed by atoms with van der Waals surface area (Å²) in [5, 5.41) is 18.0. The monoisotopic (exact) mass is 454 g/mol. The number of nitrogens with one attached hydrogen (secondary N) is 1. The van der Waals surface area contributed by atoms with Crippen LogP contribution in [0.3, 0.4) is 0 Å². The largest absolute Gasteiger partial charge is 0.494 e. The van der Waals surface area contributed by atoms with Crippen LogP contribution in [-0.2, 0) is 5.67 Å². The number of aliphatic hydroxyl groups is 1. The van der Waals surface area contributed by atoms with Crippen molar-refractivity contribution in [2.75, 3.05) is 19.0 Å². The Balaban J connectivity index is 1.63. The maximum atomic E-state index is 14.3. The number of amides is 1. The van der Waals surface area contributed by atoms with Gasteiger partial charge in [0.1, 0.15) is 17.1 Å². The number of methoxy groups -OCH3 is 1. The first-order chi connectivity index (χ1) is 15.7. The molecule has 3 aromatic rings. The number of halogens is 1. The normalized spacial score (nSPS) is 19.0. The van der Waals surface area contributed by atoms with E-state index in [4.69, 9.17) is 9.84 Å². The van der Waals surface area contributed by atoms with Crippen molar-refractivity contribution in [1.29, 1.82) is 0 Å². The van der Waals surface area contributed by atoms with Gasteiger partial charge in [0, 0.05) is 23.8 Å². The number of aryl methyl sites for hydroxylation is 1. The molecule has 0 atom stereocenters. The van der Waals surface area contributed by atoms with Crippen molar-refractivity contribution >= 4 is 22.5 Å². The van der Waals surface area contributed by atoms with Gasteiger partial charge in [0.15, 0.2) is 0 Å². The van der Waals surface area contributed by atoms with Crippen LogP contribution in [0.15, 0.2) is 30.5 Å². The molecule has 1 aliphatic carbocycles. The number of carbonyl (C=O) groups is 1. The summed E-state index contributed by atoms with van der Waals surface area (Å²) < 4.78 is 21.9. The van der Waals surface area contributed by atoms with E-state index in [1.54, 1.807) is 25.3 Å². The lowest BCUT2D eigenvalue weighted by Gasteiger charge is -2.27. The van der Waals surface area contributed by atoms with Crippen molar-refractivity contribution < 1.29 is 19.0 Å². The predicted molar refractivity (Wildman–Crippen MR) is 125 cm³/mol. The third-order valence-electron chi connectivity index (χ3n) is 6.49. The second kappa shape index (κ2) is 9.09. The van der Waals surface area contributed by atoms with Gasteiger partial charge in [-0.05, 0) is 70.6 Å². The van der Waals surface area contributed by atoms with Crippen LogP contribution >= 0.6 is 0 Å². The number of alkyl halides is 1. The van der Waals surface area contributed by atoms with Crippen LogP contribution in [0, 0.1) is 12.8 Å². The maximum Gasteiger partial charge on any atom is 0.274 e. The highest BCUT2D eigenvalue weighted by Crippen LogP contribution is 2.37. The van der Waals surface area contributed by atoms with E-state index in [0.717, 1.165) is 42.1 Å². The van der Waals surface area contributed by atoms with Crippen molar-refractivity contribution in [3.8, 4) is 5.75 Å². The lowest BCUT2D eigenvalue weighted by Crippen LogP contribution is -2.20. The number of pyridine rings is 1. The van der Waals surface area contributed by atoms with Crippen LogP contribution in [0.2, 0.25) is 0 Å². The molecule has 1 aromatic carbocycles. The highest BCUT2D eigenvalue weighted by molar-refractivity contribution is 6.05. The zero-order valence-electron chi connectivity index (χ0n) is 19.6. The highest BCUT2D eigenvalue weighted by atomic mass is 19.1. The Kier molecular flexibility index (Phi) is 6.38. The average Bonchev–Trinajstić information content (AvgIpc) is 3.23. The average molecular weight is 455 g/mol. The zero-order chi connectivity index (χ0) is 23.8. The molecule has 1 saturated carbocycles. The van der Waals surface area contributed by atoms with Crippen LogP contribution < -0.4 is 10.1 Å². The maximum absolute atomic E-state index is 14.3. The molecule has 0 unspecified atom stereocenters. The number of aliphatic hydroxyl groups excluding tert-OH is 1. The molecule has 0 radical (unpaired) electrons. The summed E-state index contributed by atoms with van der Waals surface area (Å²) in [6.07, 6.45) is 5.94. The lowest BCUT2D eigenvalue weighted by molar-refractivity contribution is 0.102. The summed E-state index contributed by atoms with van der Waals surface area (Å²) in [5.74, 6) is 0.477. The number of carbonyl (C=O) groups excluding carboxylic acids is 1. The standard InChI is InChI=1S/C25H31FN4O3/c1-15-22-17(13-30(29-22)18-10-8-16(14-31)9-11-18)12-20(23(15)33-4)28-24(32)19-6-5-7-21(27-19)25(2,3)26/h5-7,12-13,16,18,31H,8-11,14H2,1-4H3,(H,28,32). The van der Waals surface area contributed by atoms with Gasteiger partial charge in [-0.15, -0.1) is 0 Å². The zero-order valence-corrected chi connectivity index (χ0v) is 19.6. The molecule has 176 valence electrons. The molecule has 2 heterocycles. The molecular formula is C25H31FN4O3. The molecule has 33 heavy (non-hydrogen) atoms. The van der Waals surface area contributed by atoms with E-state index >= 15 is 0 Å². The second-order valence-electron chi connectivity index (χ2n) is 9.32. The Morgan fingerprint density at radius 2 is 2.03 bits per heavy atom. The van der Waals surface area contributed by atoms with Crippen molar-refractivity contribution in [1.82, 2.24) is 14.8 Å². The number of benzene rings is 1. The van der Waals surface area contributed by atoms with Gasteiger partial charge in [0.25, 0.3) is 5.91 Å². The van der Waals surface area contributed by atoms with Crippen LogP contribution in [0.5, 0.6) is 5.75 Å². The molecule has 0 bridgehead atoms. The number of hydrogen-bond acceptors (Lipinski definition) is 5. The smallest absolute Gasteiger partial charge is 0.274 e. The predicted octanol–water partition coefficient (Wildman–Crippen LogP) is 4.93. The SMILES string of the molecule is COc1c(NC(=O)c2cccc(C(C)(C)F)n2)cc2cn(C3CCC(CO)CC3)nc2c1C. The van der Waals surface area contributed by atoms with Crippen LogP contribution in [-0.4, -0.2) is 39.5 Å². The van der Waals surface area contributed by atoms with E-state index < -0.39 is 11.6 Å². The Morgan fingerprint density at radius 1 is 1.30 bits per heavy atom. The Bertz CT molecular complexity index is 1160. The first kappa shape index (κ1) is 23.2. The summed E-state index contributed by atoms with van der Waals surface area (Å²) in [4.78, 5) is 17.1. The number of hydrogen-bond donors (Lipinski definition) is 2. The number of nitrogens with zero attached hydrogens (tertiary/aromatic N) is 3. The fourth-order valence-electron chi connectivity index (χ4n) is 4.55. The minimum Gasteiger partial charge on any atom is -0.494 e. The molecule has 4 rings (SSSR count). The molecular weight excluding hydrogens is 423 g/mol. The van der Waals surface area contributed by atoms with Gasteiger partial charge >= 0.3 is 0 Å². The molecule has 1 fully saturated rings. The van der Waals surface area contributed by atoms with Gasteiger partial charge in [0.05, 0.1) is 30.0 Å². The van der Waals surface area contributed by atoms with Gasteiger partial charge < -0.3 is 15.2 Å². The van der Waals surface area contributed by atoms with Crippen molar-refractivity contribution in [2.45, 2.75) is 58.2 Å². The second-order valence-corrected chi connectivity index (χ2v) is 9.32. The molecule has 2 aromatic heterocycles. The Morgan fingerprint density at radius 3 is 2.67 bits per heavy atom. The summed E-state index contributed by atoms with van der Waals surface area (Å²) in [7, 11) is 1.56. The van der Waals surface area contributed by atoms with Gasteiger partial charge in [-0.2, -0.15) is 5.10 Å². The highest BCUT2D eigenvalue weighted by Gasteiger charge is 2.25. The summed E-state index contributed by atoms with van der Waals surface area (Å²) in [6, 6.07) is 6.89. The Hall–Kier alpha value is -3.00. The van der Waals surface area contributed by atoms with Gasteiger partial charge in [-0.3, -0.25) is 9.48 Å². The van der Waals surface area contributed by atoms with E-state index in [2.05, 4.69) is 10.3 Å². The van der Waals surface area contributed by atoms with Crippen LogP contribution in [0.4, 0.5) is 10.1 Å². The topological polar surface area (TPSA) is 89.3 Å². The molecule has 1 amide bonds. The van der Waals surface area contributed by atoms with E-state index in [1.165, 1.54) is 13.8 Å². The number of anilines is 1. The Labute approximate surface area is 193 Å². The molecule has 7 nitrogen and oxygen atoms in total. The summed E-state index contributed by atoms with van der Waals surface area (Å²) >= 11 is 0. The first-order valence-electron chi connectivity index (χ1n) is 11.4. The molecule has 0 aliphatic heterocycles. The molecule has 0 spiro atoms. The van der Waals surface area contributed by atoms with E-state index in [9.17, 15) is 14.3 Å². The van der Waals surface area contributed by atoms with Gasteiger partial charge in [-0.25, -0.2) is 9.37 Å². The third kappa shape index (κ3) is 4.71. The molecule has 8 heteroatoms. The molecule has 0 saturated heterocycles. The van der Waals surface area contributed by atoms with E-state index in [-0.39, 0.29) is 18.0 Å². The molecule has 1 aliphatic rings. The summed E-state index contributed by atoms with van der Waals surface area (Å²) in [5.41, 5.74) is 0.866. The minimum atomic E-state index is -1.64. The van der Waals surface area contributed by atoms with Crippen molar-refractivity contribution in [3.63, 3.8) is 0 Å². The fourth-order valence-corrected chi connectivity index (χ4v) is 4.55. The summed E-state index contributed by atoms with van der Waals surface area (Å²) in [6.45, 7) is 4.98. The van der Waals surface area contributed by atoms with Crippen LogP contribution in [0.1, 0.15) is 67.3 Å². The molecule has 2 N–H and O–H groups in total. The first-order valence-corrected chi connectivity index (χ1v) is 11.4. The quantitative estimate of drug-likeness (QED) is 0.551.